The zero-order valence-electron chi connectivity index (χ0n) is 8.32. The van der Waals surface area contributed by atoms with Crippen molar-refractivity contribution in [2.45, 2.75) is 38.6 Å². The van der Waals surface area contributed by atoms with Crippen LogP contribution in [0, 0.1) is 5.92 Å². The van der Waals surface area contributed by atoms with Crippen molar-refractivity contribution in [3.8, 4) is 0 Å². The first-order valence-electron chi connectivity index (χ1n) is 4.83. The zero-order chi connectivity index (χ0) is 9.84. The molecule has 3 nitrogen and oxygen atoms in total. The van der Waals surface area contributed by atoms with Crippen LogP contribution in [0.25, 0.3) is 0 Å². The fourth-order valence-electron chi connectivity index (χ4n) is 1.98. The predicted molar refractivity (Wildman–Crippen MR) is 50.3 cm³/mol. The van der Waals surface area contributed by atoms with Gasteiger partial charge < -0.3 is 4.90 Å². The smallest absolute Gasteiger partial charge is 0.209 e. The van der Waals surface area contributed by atoms with Gasteiger partial charge in [-0.2, -0.15) is 0 Å². The molecule has 1 fully saturated rings. The Morgan fingerprint density at radius 1 is 1.31 bits per heavy atom. The van der Waals surface area contributed by atoms with E-state index in [1.165, 1.54) is 0 Å². The quantitative estimate of drug-likeness (QED) is 0.617. The van der Waals surface area contributed by atoms with Crippen molar-refractivity contribution in [1.82, 2.24) is 4.90 Å². The summed E-state index contributed by atoms with van der Waals surface area (Å²) in [5, 5.41) is 0. The topological polar surface area (TPSA) is 37.4 Å². The van der Waals surface area contributed by atoms with Crippen LogP contribution in [-0.2, 0) is 9.59 Å². The summed E-state index contributed by atoms with van der Waals surface area (Å²) in [5.41, 5.74) is 0. The second-order valence-electron chi connectivity index (χ2n) is 3.89. The Kier molecular flexibility index (Phi) is 3.46. The van der Waals surface area contributed by atoms with E-state index in [2.05, 4.69) is 0 Å². The van der Waals surface area contributed by atoms with Crippen LogP contribution in [0.5, 0.6) is 0 Å². The van der Waals surface area contributed by atoms with Crippen molar-refractivity contribution < 1.29 is 9.59 Å². The molecule has 0 aromatic carbocycles. The van der Waals surface area contributed by atoms with Crippen molar-refractivity contribution in [2.75, 3.05) is 7.05 Å². The van der Waals surface area contributed by atoms with E-state index in [4.69, 9.17) is 0 Å². The molecule has 0 spiro atoms. The van der Waals surface area contributed by atoms with Gasteiger partial charge in [-0.3, -0.25) is 9.59 Å². The number of carbonyl (C=O) groups excluding carboxylic acids is 2. The molecule has 0 atom stereocenters. The Morgan fingerprint density at radius 2 is 1.85 bits per heavy atom. The normalized spacial score (nSPS) is 28.2. The Bertz CT molecular complexity index is 195. The van der Waals surface area contributed by atoms with Gasteiger partial charge in [-0.25, -0.2) is 0 Å². The van der Waals surface area contributed by atoms with Crippen LogP contribution in [0.3, 0.4) is 0 Å². The highest BCUT2D eigenvalue weighted by Gasteiger charge is 2.25. The maximum absolute atomic E-state index is 11.1. The minimum absolute atomic E-state index is 0.247. The molecule has 0 unspecified atom stereocenters. The fourth-order valence-corrected chi connectivity index (χ4v) is 1.98. The first-order chi connectivity index (χ1) is 6.15. The standard InChI is InChI=1S/C10H17NO2/c1-8(13)9-3-5-10(6-4-9)11(2)7-12/h7,9-10H,3-6H2,1-2H3/t9-,10-. The van der Waals surface area contributed by atoms with E-state index in [9.17, 15) is 9.59 Å². The van der Waals surface area contributed by atoms with Gasteiger partial charge >= 0.3 is 0 Å². The molecule has 1 aliphatic carbocycles. The minimum Gasteiger partial charge on any atom is -0.345 e. The number of amides is 1. The Hall–Kier alpha value is -0.860. The summed E-state index contributed by atoms with van der Waals surface area (Å²) in [6, 6.07) is 0.355. The van der Waals surface area contributed by atoms with E-state index >= 15 is 0 Å². The highest BCUT2D eigenvalue weighted by molar-refractivity contribution is 5.78. The van der Waals surface area contributed by atoms with Crippen LogP contribution >= 0.6 is 0 Å². The van der Waals surface area contributed by atoms with Gasteiger partial charge in [0.2, 0.25) is 6.41 Å². The molecule has 0 radical (unpaired) electrons. The monoisotopic (exact) mass is 183 g/mol. The van der Waals surface area contributed by atoms with Gasteiger partial charge in [0.15, 0.2) is 0 Å². The zero-order valence-corrected chi connectivity index (χ0v) is 8.32. The lowest BCUT2D eigenvalue weighted by atomic mass is 9.83. The third-order valence-electron chi connectivity index (χ3n) is 3.01. The third kappa shape index (κ3) is 2.54. The molecule has 0 aliphatic heterocycles. The Morgan fingerprint density at radius 3 is 2.23 bits per heavy atom. The number of rotatable bonds is 3. The van der Waals surface area contributed by atoms with Gasteiger partial charge in [-0.15, -0.1) is 0 Å². The Balaban J connectivity index is 2.38. The van der Waals surface area contributed by atoms with Crippen molar-refractivity contribution in [3.63, 3.8) is 0 Å². The minimum atomic E-state index is 0.247. The molecule has 1 amide bonds. The molecule has 1 saturated carbocycles. The van der Waals surface area contributed by atoms with Gasteiger partial charge in [-0.05, 0) is 32.6 Å². The van der Waals surface area contributed by atoms with E-state index in [1.807, 2.05) is 7.05 Å². The number of hydrogen-bond donors (Lipinski definition) is 0. The molecule has 0 bridgehead atoms. The highest BCUT2D eigenvalue weighted by atomic mass is 16.1. The fraction of sp³-hybridized carbons (Fsp3) is 0.800. The third-order valence-corrected chi connectivity index (χ3v) is 3.01. The van der Waals surface area contributed by atoms with Crippen LogP contribution in [0.15, 0.2) is 0 Å². The largest absolute Gasteiger partial charge is 0.345 e. The number of Topliss-reactive ketones (excluding diaryl/α,β-unsaturated/α-hetero) is 1. The summed E-state index contributed by atoms with van der Waals surface area (Å²) in [4.78, 5) is 23.3. The highest BCUT2D eigenvalue weighted by Crippen LogP contribution is 2.26. The summed E-state index contributed by atoms with van der Waals surface area (Å²) in [7, 11) is 1.81. The molecule has 74 valence electrons. The number of nitrogens with zero attached hydrogens (tertiary/aromatic N) is 1. The molecule has 1 aliphatic rings. The first kappa shape index (κ1) is 10.2. The van der Waals surface area contributed by atoms with Gasteiger partial charge in [0.05, 0.1) is 0 Å². The van der Waals surface area contributed by atoms with Gasteiger partial charge in [0.1, 0.15) is 5.78 Å². The number of ketones is 1. The molecule has 3 heteroatoms. The summed E-state index contributed by atoms with van der Waals surface area (Å²) < 4.78 is 0. The van der Waals surface area contributed by atoms with E-state index in [-0.39, 0.29) is 5.92 Å². The maximum Gasteiger partial charge on any atom is 0.209 e. The van der Waals surface area contributed by atoms with E-state index < -0.39 is 0 Å². The van der Waals surface area contributed by atoms with E-state index in [0.717, 1.165) is 32.1 Å². The summed E-state index contributed by atoms with van der Waals surface area (Å²) in [6.07, 6.45) is 4.70. The molecule has 0 aromatic rings. The lowest BCUT2D eigenvalue weighted by Crippen LogP contribution is -2.35. The molecule has 13 heavy (non-hydrogen) atoms. The lowest BCUT2D eigenvalue weighted by Gasteiger charge is -2.31. The second-order valence-corrected chi connectivity index (χ2v) is 3.89. The number of carbonyl (C=O) groups is 2. The predicted octanol–water partition coefficient (Wildman–Crippen LogP) is 1.22. The molecule has 0 saturated heterocycles. The average Bonchev–Trinajstić information content (AvgIpc) is 2.17. The van der Waals surface area contributed by atoms with Crippen molar-refractivity contribution >= 4 is 12.2 Å². The van der Waals surface area contributed by atoms with Crippen LogP contribution in [-0.4, -0.2) is 30.2 Å². The maximum atomic E-state index is 11.1. The van der Waals surface area contributed by atoms with Crippen molar-refractivity contribution in [3.05, 3.63) is 0 Å². The number of hydrogen-bond acceptors (Lipinski definition) is 2. The molecule has 0 aromatic heterocycles. The van der Waals surface area contributed by atoms with E-state index in [1.54, 1.807) is 11.8 Å². The van der Waals surface area contributed by atoms with Gasteiger partial charge in [-0.1, -0.05) is 0 Å². The van der Waals surface area contributed by atoms with E-state index in [0.29, 0.717) is 11.8 Å². The summed E-state index contributed by atoms with van der Waals surface area (Å²) in [5.74, 6) is 0.545. The average molecular weight is 183 g/mol. The first-order valence-corrected chi connectivity index (χ1v) is 4.83. The molecule has 0 heterocycles. The van der Waals surface area contributed by atoms with Crippen LogP contribution in [0.2, 0.25) is 0 Å². The van der Waals surface area contributed by atoms with Crippen LogP contribution in [0.1, 0.15) is 32.6 Å². The molecule has 1 rings (SSSR count). The van der Waals surface area contributed by atoms with Gasteiger partial charge in [0.25, 0.3) is 0 Å². The van der Waals surface area contributed by atoms with Crippen molar-refractivity contribution in [1.29, 1.82) is 0 Å². The summed E-state index contributed by atoms with van der Waals surface area (Å²) >= 11 is 0. The SMILES string of the molecule is CC(=O)[C@H]1CC[C@H](N(C)C=O)CC1. The van der Waals surface area contributed by atoms with Crippen LogP contribution in [0.4, 0.5) is 0 Å². The van der Waals surface area contributed by atoms with Gasteiger partial charge in [0, 0.05) is 19.0 Å². The molecular formula is C10H17NO2. The van der Waals surface area contributed by atoms with Crippen LogP contribution < -0.4 is 0 Å². The lowest BCUT2D eigenvalue weighted by molar-refractivity contribution is -0.122. The molecule has 0 N–H and O–H groups in total. The molecular weight excluding hydrogens is 166 g/mol. The summed E-state index contributed by atoms with van der Waals surface area (Å²) in [6.45, 7) is 1.66. The van der Waals surface area contributed by atoms with Crippen molar-refractivity contribution in [2.24, 2.45) is 5.92 Å². The Labute approximate surface area is 79.1 Å². The second kappa shape index (κ2) is 4.40.